The quantitative estimate of drug-likeness (QED) is 0.465. The molecule has 0 saturated heterocycles. The lowest BCUT2D eigenvalue weighted by Crippen LogP contribution is -2.23. The first-order valence-corrected chi connectivity index (χ1v) is 10.4. The lowest BCUT2D eigenvalue weighted by molar-refractivity contribution is 0.642. The van der Waals surface area contributed by atoms with E-state index in [1.807, 2.05) is 30.5 Å². The van der Waals surface area contributed by atoms with Crippen molar-refractivity contribution in [2.24, 2.45) is 0 Å². The van der Waals surface area contributed by atoms with Crippen LogP contribution in [0, 0.1) is 11.3 Å². The Hall–Kier alpha value is -4.35. The van der Waals surface area contributed by atoms with Crippen LogP contribution in [0.4, 0.5) is 0 Å². The van der Waals surface area contributed by atoms with Crippen molar-refractivity contribution in [2.75, 3.05) is 6.54 Å². The molecule has 2 N–H and O–H groups in total. The molecule has 1 aliphatic heterocycles. The Labute approximate surface area is 183 Å². The first-order chi connectivity index (χ1) is 15.8. The molecule has 0 radical (unpaired) electrons. The summed E-state index contributed by atoms with van der Waals surface area (Å²) in [5, 5.41) is 29.7. The highest BCUT2D eigenvalue weighted by Crippen LogP contribution is 2.30. The summed E-state index contributed by atoms with van der Waals surface area (Å²) < 4.78 is 1.79. The van der Waals surface area contributed by atoms with Gasteiger partial charge >= 0.3 is 0 Å². The Morgan fingerprint density at radius 1 is 1.00 bits per heavy atom. The summed E-state index contributed by atoms with van der Waals surface area (Å²) in [5.41, 5.74) is 8.35. The molecule has 32 heavy (non-hydrogen) atoms. The zero-order valence-corrected chi connectivity index (χ0v) is 17.1. The van der Waals surface area contributed by atoms with Crippen LogP contribution < -0.4 is 5.32 Å². The third-order valence-electron chi connectivity index (χ3n) is 5.85. The molecule has 8 heteroatoms. The Morgan fingerprint density at radius 2 is 1.94 bits per heavy atom. The van der Waals surface area contributed by atoms with Gasteiger partial charge in [0.1, 0.15) is 23.2 Å². The van der Waals surface area contributed by atoms with Gasteiger partial charge in [-0.1, -0.05) is 17.3 Å². The SMILES string of the molecule is N#Cc1ccc(-c2ccc3[nH]nc(-c4cn(-c5ccc6c(c5)CNCC6)nn4)c3c2)cn1. The molecule has 0 unspecified atom stereocenters. The van der Waals surface area contributed by atoms with Crippen molar-refractivity contribution in [1.82, 2.24) is 35.5 Å². The molecule has 3 aromatic heterocycles. The number of hydrogen-bond acceptors (Lipinski definition) is 6. The normalized spacial score (nSPS) is 13.1. The fourth-order valence-electron chi connectivity index (χ4n) is 4.13. The van der Waals surface area contributed by atoms with Gasteiger partial charge in [0.2, 0.25) is 0 Å². The Morgan fingerprint density at radius 3 is 2.81 bits per heavy atom. The van der Waals surface area contributed by atoms with Crippen molar-refractivity contribution in [3.8, 4) is 34.3 Å². The second-order valence-electron chi connectivity index (χ2n) is 7.80. The van der Waals surface area contributed by atoms with Gasteiger partial charge in [0.15, 0.2) is 0 Å². The number of aromatic amines is 1. The minimum atomic E-state index is 0.397. The maximum absolute atomic E-state index is 8.97. The van der Waals surface area contributed by atoms with E-state index in [0.29, 0.717) is 11.4 Å². The number of pyridine rings is 1. The van der Waals surface area contributed by atoms with Gasteiger partial charge < -0.3 is 5.32 Å². The molecule has 0 spiro atoms. The molecule has 2 aromatic carbocycles. The maximum Gasteiger partial charge on any atom is 0.140 e. The highest BCUT2D eigenvalue weighted by Gasteiger charge is 2.15. The lowest BCUT2D eigenvalue weighted by atomic mass is 10.0. The zero-order chi connectivity index (χ0) is 21.5. The molecule has 154 valence electrons. The van der Waals surface area contributed by atoms with Gasteiger partial charge in [-0.3, -0.25) is 5.10 Å². The summed E-state index contributed by atoms with van der Waals surface area (Å²) in [6.07, 6.45) is 4.67. The average Bonchev–Trinajstić information content (AvgIpc) is 3.50. The van der Waals surface area contributed by atoms with Crippen LogP contribution in [-0.2, 0) is 13.0 Å². The standard InChI is InChI=1S/C24H18N8/c25-11-19-4-1-17(13-27-19)16-3-6-22-21(10-16)24(30-28-22)23-14-32(31-29-23)20-5-2-15-7-8-26-12-18(15)9-20/h1-6,9-10,13-14,26H,7-8,12H2,(H,28,30). The van der Waals surface area contributed by atoms with E-state index in [1.165, 1.54) is 11.1 Å². The Bertz CT molecular complexity index is 1490. The van der Waals surface area contributed by atoms with Crippen LogP contribution in [0.2, 0.25) is 0 Å². The van der Waals surface area contributed by atoms with Crippen molar-refractivity contribution >= 4 is 10.9 Å². The highest BCUT2D eigenvalue weighted by molar-refractivity contribution is 5.94. The summed E-state index contributed by atoms with van der Waals surface area (Å²) in [6, 6.07) is 18.1. The highest BCUT2D eigenvalue weighted by atomic mass is 15.4. The minimum Gasteiger partial charge on any atom is -0.312 e. The molecule has 0 aliphatic carbocycles. The summed E-state index contributed by atoms with van der Waals surface area (Å²) >= 11 is 0. The van der Waals surface area contributed by atoms with Gasteiger partial charge in [-0.05, 0) is 66.1 Å². The molecule has 0 saturated carbocycles. The van der Waals surface area contributed by atoms with E-state index in [-0.39, 0.29) is 0 Å². The number of nitriles is 1. The minimum absolute atomic E-state index is 0.397. The first kappa shape index (κ1) is 18.4. The number of nitrogens with one attached hydrogen (secondary N) is 2. The number of fused-ring (bicyclic) bond motifs is 2. The van der Waals surface area contributed by atoms with E-state index < -0.39 is 0 Å². The van der Waals surface area contributed by atoms with Gasteiger partial charge in [0.05, 0.1) is 17.4 Å². The molecule has 0 fully saturated rings. The number of aromatic nitrogens is 6. The van der Waals surface area contributed by atoms with Gasteiger partial charge in [-0.2, -0.15) is 10.4 Å². The summed E-state index contributed by atoms with van der Waals surface area (Å²) in [4.78, 5) is 4.17. The van der Waals surface area contributed by atoms with Gasteiger partial charge in [-0.15, -0.1) is 5.10 Å². The van der Waals surface area contributed by atoms with E-state index in [0.717, 1.165) is 52.9 Å². The third kappa shape index (κ3) is 3.12. The predicted octanol–water partition coefficient (Wildman–Crippen LogP) is 3.39. The molecule has 5 aromatic rings. The topological polar surface area (TPSA) is 108 Å². The first-order valence-electron chi connectivity index (χ1n) is 10.4. The fraction of sp³-hybridized carbons (Fsp3) is 0.125. The molecular formula is C24H18N8. The van der Waals surface area contributed by atoms with Crippen LogP contribution in [0.3, 0.4) is 0 Å². The van der Waals surface area contributed by atoms with Crippen LogP contribution >= 0.6 is 0 Å². The van der Waals surface area contributed by atoms with Crippen molar-refractivity contribution < 1.29 is 0 Å². The predicted molar refractivity (Wildman–Crippen MR) is 120 cm³/mol. The molecular weight excluding hydrogens is 400 g/mol. The third-order valence-corrected chi connectivity index (χ3v) is 5.85. The number of rotatable bonds is 3. The number of H-pyrrole nitrogens is 1. The fourth-order valence-corrected chi connectivity index (χ4v) is 4.13. The maximum atomic E-state index is 8.97. The van der Waals surface area contributed by atoms with Crippen LogP contribution in [0.5, 0.6) is 0 Å². The van der Waals surface area contributed by atoms with E-state index >= 15 is 0 Å². The largest absolute Gasteiger partial charge is 0.312 e. The van der Waals surface area contributed by atoms with E-state index in [9.17, 15) is 0 Å². The van der Waals surface area contributed by atoms with Crippen LogP contribution in [0.1, 0.15) is 16.8 Å². The lowest BCUT2D eigenvalue weighted by Gasteiger charge is -2.17. The average molecular weight is 418 g/mol. The molecule has 8 nitrogen and oxygen atoms in total. The molecule has 0 bridgehead atoms. The van der Waals surface area contributed by atoms with E-state index in [1.54, 1.807) is 16.9 Å². The zero-order valence-electron chi connectivity index (χ0n) is 17.1. The Kier molecular flexibility index (Phi) is 4.26. The van der Waals surface area contributed by atoms with Gasteiger partial charge in [-0.25, -0.2) is 9.67 Å². The number of benzene rings is 2. The second kappa shape index (κ2) is 7.41. The monoisotopic (exact) mass is 418 g/mol. The second-order valence-corrected chi connectivity index (χ2v) is 7.80. The summed E-state index contributed by atoms with van der Waals surface area (Å²) in [7, 11) is 0. The molecule has 6 rings (SSSR count). The van der Waals surface area contributed by atoms with Crippen molar-refractivity contribution in [1.29, 1.82) is 5.26 Å². The van der Waals surface area contributed by atoms with Crippen molar-refractivity contribution in [3.05, 3.63) is 77.7 Å². The summed E-state index contributed by atoms with van der Waals surface area (Å²) in [6.45, 7) is 1.90. The number of hydrogen-bond donors (Lipinski definition) is 2. The summed E-state index contributed by atoms with van der Waals surface area (Å²) in [5.74, 6) is 0. The van der Waals surface area contributed by atoms with Crippen LogP contribution in [0.25, 0.3) is 39.1 Å². The van der Waals surface area contributed by atoms with Crippen LogP contribution in [0.15, 0.2) is 60.9 Å². The van der Waals surface area contributed by atoms with Crippen molar-refractivity contribution in [2.45, 2.75) is 13.0 Å². The molecule has 0 amide bonds. The molecule has 1 aliphatic rings. The molecule has 4 heterocycles. The number of nitrogens with zero attached hydrogens (tertiary/aromatic N) is 6. The smallest absolute Gasteiger partial charge is 0.140 e. The van der Waals surface area contributed by atoms with E-state index in [4.69, 9.17) is 5.26 Å². The van der Waals surface area contributed by atoms with Crippen molar-refractivity contribution in [3.63, 3.8) is 0 Å². The Balaban J connectivity index is 1.37. The van der Waals surface area contributed by atoms with Gasteiger partial charge in [0, 0.05) is 23.7 Å². The van der Waals surface area contributed by atoms with Gasteiger partial charge in [0.25, 0.3) is 0 Å². The molecule has 0 atom stereocenters. The van der Waals surface area contributed by atoms with Crippen LogP contribution in [-0.4, -0.2) is 36.7 Å². The van der Waals surface area contributed by atoms with E-state index in [2.05, 4.69) is 55.1 Å².